The third-order valence-corrected chi connectivity index (χ3v) is 3.11. The summed E-state index contributed by atoms with van der Waals surface area (Å²) in [5.41, 5.74) is -0.899. The van der Waals surface area contributed by atoms with Gasteiger partial charge in [-0.1, -0.05) is 6.92 Å². The van der Waals surface area contributed by atoms with Crippen LogP contribution in [0.1, 0.15) is 26.2 Å². The van der Waals surface area contributed by atoms with E-state index in [0.717, 1.165) is 19.3 Å². The summed E-state index contributed by atoms with van der Waals surface area (Å²) in [5.74, 6) is -0.597. The minimum atomic E-state index is -0.899. The molecule has 0 saturated heterocycles. The van der Waals surface area contributed by atoms with E-state index < -0.39 is 11.5 Å². The molecule has 1 aliphatic carbocycles. The zero-order valence-electron chi connectivity index (χ0n) is 10.7. The van der Waals surface area contributed by atoms with Crippen LogP contribution in [0.15, 0.2) is 0 Å². The van der Waals surface area contributed by atoms with Crippen molar-refractivity contribution in [3.63, 3.8) is 0 Å². The molecule has 0 aromatic rings. The van der Waals surface area contributed by atoms with Crippen molar-refractivity contribution < 1.29 is 19.4 Å². The molecule has 17 heavy (non-hydrogen) atoms. The van der Waals surface area contributed by atoms with Crippen molar-refractivity contribution in [2.75, 3.05) is 33.5 Å². The third-order valence-electron chi connectivity index (χ3n) is 3.11. The van der Waals surface area contributed by atoms with Crippen LogP contribution in [0.3, 0.4) is 0 Å². The molecule has 1 aliphatic rings. The number of ether oxygens (including phenoxy) is 2. The van der Waals surface area contributed by atoms with Gasteiger partial charge in [0.1, 0.15) is 5.54 Å². The lowest BCUT2D eigenvalue weighted by atomic mass is 9.94. The highest BCUT2D eigenvalue weighted by Gasteiger charge is 2.51. The molecule has 1 unspecified atom stereocenters. The van der Waals surface area contributed by atoms with Crippen molar-refractivity contribution in [3.05, 3.63) is 0 Å². The van der Waals surface area contributed by atoms with E-state index in [4.69, 9.17) is 9.47 Å². The zero-order valence-corrected chi connectivity index (χ0v) is 10.7. The van der Waals surface area contributed by atoms with Gasteiger partial charge in [0.25, 0.3) is 0 Å². The van der Waals surface area contributed by atoms with Gasteiger partial charge < -0.3 is 14.6 Å². The molecule has 0 heterocycles. The van der Waals surface area contributed by atoms with Crippen molar-refractivity contribution in [2.24, 2.45) is 5.92 Å². The Bertz CT molecular complexity index is 243. The summed E-state index contributed by atoms with van der Waals surface area (Å²) < 4.78 is 10.3. The summed E-state index contributed by atoms with van der Waals surface area (Å²) in [5, 5.41) is 12.6. The minimum absolute atomic E-state index is 0.203. The molecule has 0 aliphatic heterocycles. The molecule has 0 spiro atoms. The van der Waals surface area contributed by atoms with E-state index in [1.165, 1.54) is 0 Å². The quantitative estimate of drug-likeness (QED) is 0.559. The highest BCUT2D eigenvalue weighted by atomic mass is 16.5. The molecule has 0 bridgehead atoms. The second kappa shape index (κ2) is 6.93. The Morgan fingerprint density at radius 1 is 1.47 bits per heavy atom. The van der Waals surface area contributed by atoms with Crippen LogP contribution in [0.4, 0.5) is 0 Å². The maximum atomic E-state index is 11.5. The van der Waals surface area contributed by atoms with Gasteiger partial charge in [0.15, 0.2) is 0 Å². The lowest BCUT2D eigenvalue weighted by molar-refractivity contribution is -0.149. The average Bonchev–Trinajstić information content (AvgIpc) is 3.12. The smallest absolute Gasteiger partial charge is 0.326 e. The lowest BCUT2D eigenvalue weighted by Crippen LogP contribution is -2.57. The summed E-state index contributed by atoms with van der Waals surface area (Å²) >= 11 is 0. The molecule has 5 nitrogen and oxygen atoms in total. The number of carbonyl (C=O) groups is 1. The van der Waals surface area contributed by atoms with E-state index in [1.54, 1.807) is 7.11 Å². The molecular formula is C12H23NO4. The zero-order chi connectivity index (χ0) is 12.7. The second-order valence-corrected chi connectivity index (χ2v) is 4.52. The van der Waals surface area contributed by atoms with Crippen LogP contribution in [0.5, 0.6) is 0 Å². The van der Waals surface area contributed by atoms with Crippen LogP contribution in [0.2, 0.25) is 0 Å². The summed E-state index contributed by atoms with van der Waals surface area (Å²) in [7, 11) is 1.60. The number of hydrogen-bond donors (Lipinski definition) is 2. The number of carboxylic acids is 1. The van der Waals surface area contributed by atoms with Gasteiger partial charge in [-0.15, -0.1) is 0 Å². The van der Waals surface area contributed by atoms with Gasteiger partial charge in [0.05, 0.1) is 19.8 Å². The summed E-state index contributed by atoms with van der Waals surface area (Å²) in [6, 6.07) is 0. The van der Waals surface area contributed by atoms with Crippen LogP contribution in [-0.2, 0) is 14.3 Å². The van der Waals surface area contributed by atoms with Crippen LogP contribution in [-0.4, -0.2) is 50.1 Å². The van der Waals surface area contributed by atoms with E-state index in [2.05, 4.69) is 5.32 Å². The van der Waals surface area contributed by atoms with Crippen molar-refractivity contribution in [2.45, 2.75) is 31.7 Å². The first-order valence-electron chi connectivity index (χ1n) is 6.22. The van der Waals surface area contributed by atoms with Gasteiger partial charge in [-0.3, -0.25) is 10.1 Å². The Hall–Kier alpha value is -0.650. The second-order valence-electron chi connectivity index (χ2n) is 4.52. The number of aliphatic carboxylic acids is 1. The maximum absolute atomic E-state index is 11.5. The molecule has 0 aromatic carbocycles. The molecule has 1 atom stereocenters. The Kier molecular flexibility index (Phi) is 5.88. The maximum Gasteiger partial charge on any atom is 0.326 e. The Balaban J connectivity index is 2.52. The SMILES string of the molecule is CCCNC(COCCOC)(C(=O)O)C1CC1. The van der Waals surface area contributed by atoms with Gasteiger partial charge in [-0.05, 0) is 31.7 Å². The van der Waals surface area contributed by atoms with E-state index in [9.17, 15) is 9.90 Å². The fourth-order valence-corrected chi connectivity index (χ4v) is 1.92. The largest absolute Gasteiger partial charge is 0.480 e. The van der Waals surface area contributed by atoms with E-state index in [1.807, 2.05) is 6.92 Å². The monoisotopic (exact) mass is 245 g/mol. The summed E-state index contributed by atoms with van der Waals surface area (Å²) in [6.07, 6.45) is 2.85. The first kappa shape index (κ1) is 14.4. The van der Waals surface area contributed by atoms with Crippen LogP contribution >= 0.6 is 0 Å². The van der Waals surface area contributed by atoms with E-state index in [-0.39, 0.29) is 12.5 Å². The molecule has 1 saturated carbocycles. The third kappa shape index (κ3) is 3.94. The molecule has 0 aromatic heterocycles. The van der Waals surface area contributed by atoms with Crippen LogP contribution in [0, 0.1) is 5.92 Å². The van der Waals surface area contributed by atoms with Gasteiger partial charge in [-0.25, -0.2) is 0 Å². The fraction of sp³-hybridized carbons (Fsp3) is 0.917. The summed E-state index contributed by atoms with van der Waals surface area (Å²) in [6.45, 7) is 3.88. The Morgan fingerprint density at radius 3 is 2.65 bits per heavy atom. The first-order chi connectivity index (χ1) is 8.17. The molecule has 100 valence electrons. The van der Waals surface area contributed by atoms with Crippen LogP contribution < -0.4 is 5.32 Å². The van der Waals surface area contributed by atoms with Crippen molar-refractivity contribution in [1.29, 1.82) is 0 Å². The minimum Gasteiger partial charge on any atom is -0.480 e. The molecule has 1 fully saturated rings. The predicted molar refractivity (Wildman–Crippen MR) is 64.1 cm³/mol. The molecule has 0 amide bonds. The number of rotatable bonds is 10. The van der Waals surface area contributed by atoms with Gasteiger partial charge in [0.2, 0.25) is 0 Å². The number of hydrogen-bond acceptors (Lipinski definition) is 4. The molecular weight excluding hydrogens is 222 g/mol. The van der Waals surface area contributed by atoms with E-state index >= 15 is 0 Å². The average molecular weight is 245 g/mol. The molecule has 5 heteroatoms. The van der Waals surface area contributed by atoms with Crippen LogP contribution in [0.25, 0.3) is 0 Å². The van der Waals surface area contributed by atoms with Gasteiger partial charge >= 0.3 is 5.97 Å². The fourth-order valence-electron chi connectivity index (χ4n) is 1.92. The normalized spacial score (nSPS) is 18.9. The standard InChI is InChI=1S/C12H23NO4/c1-3-6-13-12(11(14)15,10-4-5-10)9-17-8-7-16-2/h10,13H,3-9H2,1-2H3,(H,14,15). The topological polar surface area (TPSA) is 67.8 Å². The molecule has 1 rings (SSSR count). The van der Waals surface area contributed by atoms with Gasteiger partial charge in [0, 0.05) is 7.11 Å². The number of methoxy groups -OCH3 is 1. The number of nitrogens with one attached hydrogen (secondary N) is 1. The van der Waals surface area contributed by atoms with Crippen molar-refractivity contribution in [1.82, 2.24) is 5.32 Å². The Labute approximate surface area is 102 Å². The highest BCUT2D eigenvalue weighted by molar-refractivity contribution is 5.80. The number of carboxylic acid groups (broad SMARTS) is 1. The highest BCUT2D eigenvalue weighted by Crippen LogP contribution is 2.40. The Morgan fingerprint density at radius 2 is 2.18 bits per heavy atom. The van der Waals surface area contributed by atoms with Gasteiger partial charge in [-0.2, -0.15) is 0 Å². The molecule has 0 radical (unpaired) electrons. The van der Waals surface area contributed by atoms with Crippen molar-refractivity contribution >= 4 is 5.97 Å². The predicted octanol–water partition coefficient (Wildman–Crippen LogP) is 0.882. The first-order valence-corrected chi connectivity index (χ1v) is 6.22. The summed E-state index contributed by atoms with van der Waals surface area (Å²) in [4.78, 5) is 11.5. The molecule has 2 N–H and O–H groups in total. The van der Waals surface area contributed by atoms with E-state index in [0.29, 0.717) is 19.8 Å². The lowest BCUT2D eigenvalue weighted by Gasteiger charge is -2.30. The van der Waals surface area contributed by atoms with Crippen molar-refractivity contribution in [3.8, 4) is 0 Å².